The smallest absolute Gasteiger partial charge is 0.283 e. The first-order valence-electron chi connectivity index (χ1n) is 5.89. The second-order valence-corrected chi connectivity index (χ2v) is 5.02. The highest BCUT2D eigenvalue weighted by molar-refractivity contribution is 9.08. The summed E-state index contributed by atoms with van der Waals surface area (Å²) in [6.45, 7) is 3.85. The Bertz CT molecular complexity index is 657. The lowest BCUT2D eigenvalue weighted by molar-refractivity contribution is -0.384. The molecule has 0 aliphatic rings. The van der Waals surface area contributed by atoms with Crippen molar-refractivity contribution in [1.82, 2.24) is 14.8 Å². The number of halogens is 2. The predicted molar refractivity (Wildman–Crippen MR) is 75.1 cm³/mol. The van der Waals surface area contributed by atoms with Crippen LogP contribution in [0.5, 0.6) is 0 Å². The molecule has 2 rings (SSSR count). The van der Waals surface area contributed by atoms with Crippen molar-refractivity contribution >= 4 is 21.6 Å². The van der Waals surface area contributed by atoms with Crippen LogP contribution in [0.3, 0.4) is 0 Å². The van der Waals surface area contributed by atoms with Crippen molar-refractivity contribution in [3.63, 3.8) is 0 Å². The van der Waals surface area contributed by atoms with Crippen LogP contribution in [0.2, 0.25) is 0 Å². The molecule has 6 nitrogen and oxygen atoms in total. The van der Waals surface area contributed by atoms with E-state index in [0.717, 1.165) is 6.07 Å². The molecule has 0 fully saturated rings. The van der Waals surface area contributed by atoms with Gasteiger partial charge in [0.2, 0.25) is 0 Å². The Hall–Kier alpha value is -1.83. The van der Waals surface area contributed by atoms with Gasteiger partial charge in [-0.15, -0.1) is 10.2 Å². The lowest BCUT2D eigenvalue weighted by Crippen LogP contribution is -2.08. The molecule has 0 radical (unpaired) electrons. The van der Waals surface area contributed by atoms with Crippen molar-refractivity contribution in [2.75, 3.05) is 0 Å². The zero-order valence-electron chi connectivity index (χ0n) is 10.9. The highest BCUT2D eigenvalue weighted by atomic mass is 79.9. The summed E-state index contributed by atoms with van der Waals surface area (Å²) in [6, 6.07) is 3.45. The Morgan fingerprint density at radius 1 is 1.45 bits per heavy atom. The maximum absolute atomic E-state index is 13.2. The number of nitrogens with zero attached hydrogens (tertiary/aromatic N) is 4. The molecule has 1 heterocycles. The molecule has 0 saturated carbocycles. The maximum Gasteiger partial charge on any atom is 0.283 e. The molecule has 0 saturated heterocycles. The highest BCUT2D eigenvalue weighted by Crippen LogP contribution is 2.31. The molecule has 0 amide bonds. The van der Waals surface area contributed by atoms with Crippen LogP contribution >= 0.6 is 15.9 Å². The molecule has 106 valence electrons. The molecule has 1 aromatic heterocycles. The van der Waals surface area contributed by atoms with Gasteiger partial charge in [-0.1, -0.05) is 15.9 Å². The second-order valence-electron chi connectivity index (χ2n) is 4.46. The lowest BCUT2D eigenvalue weighted by atomic mass is 10.1. The van der Waals surface area contributed by atoms with E-state index in [2.05, 4.69) is 26.1 Å². The highest BCUT2D eigenvalue weighted by Gasteiger charge is 2.23. The van der Waals surface area contributed by atoms with Crippen molar-refractivity contribution in [2.45, 2.75) is 25.2 Å². The molecule has 0 N–H and O–H groups in total. The van der Waals surface area contributed by atoms with Crippen molar-refractivity contribution in [3.05, 3.63) is 40.0 Å². The molecule has 0 aliphatic heterocycles. The van der Waals surface area contributed by atoms with Gasteiger partial charge in [0.25, 0.3) is 5.69 Å². The number of nitro benzene ring substituents is 1. The molecular formula is C12H12BrFN4O2. The third-order valence-corrected chi connectivity index (χ3v) is 3.30. The molecular weight excluding hydrogens is 331 g/mol. The lowest BCUT2D eigenvalue weighted by Gasteiger charge is -2.13. The fraction of sp³-hybridized carbons (Fsp3) is 0.333. The zero-order chi connectivity index (χ0) is 14.9. The topological polar surface area (TPSA) is 73.8 Å². The van der Waals surface area contributed by atoms with Gasteiger partial charge in [0.15, 0.2) is 5.82 Å². The molecule has 0 aliphatic carbocycles. The summed E-state index contributed by atoms with van der Waals surface area (Å²) in [5, 5.41) is 19.6. The molecule has 8 heteroatoms. The molecule has 0 bridgehead atoms. The van der Waals surface area contributed by atoms with Crippen molar-refractivity contribution < 1.29 is 9.31 Å². The van der Waals surface area contributed by atoms with E-state index in [1.54, 1.807) is 4.57 Å². The number of benzene rings is 1. The van der Waals surface area contributed by atoms with E-state index in [9.17, 15) is 14.5 Å². The third-order valence-electron chi connectivity index (χ3n) is 2.80. The Labute approximate surface area is 122 Å². The maximum atomic E-state index is 13.2. The third kappa shape index (κ3) is 2.55. The SMILES string of the molecule is CC(C)n1c(CBr)nnc1-c1ccc(F)cc1[N+](=O)[O-]. The van der Waals surface area contributed by atoms with Gasteiger partial charge in [-0.25, -0.2) is 4.39 Å². The second kappa shape index (κ2) is 5.66. The first-order chi connectivity index (χ1) is 9.45. The molecule has 0 unspecified atom stereocenters. The van der Waals surface area contributed by atoms with E-state index < -0.39 is 10.7 Å². The first-order valence-corrected chi connectivity index (χ1v) is 7.02. The van der Waals surface area contributed by atoms with E-state index in [4.69, 9.17) is 0 Å². The fourth-order valence-electron chi connectivity index (χ4n) is 1.99. The van der Waals surface area contributed by atoms with Crippen LogP contribution in [-0.4, -0.2) is 19.7 Å². The van der Waals surface area contributed by atoms with E-state index in [1.165, 1.54) is 12.1 Å². The van der Waals surface area contributed by atoms with Crippen LogP contribution in [0.25, 0.3) is 11.4 Å². The average molecular weight is 343 g/mol. The van der Waals surface area contributed by atoms with Crippen molar-refractivity contribution in [2.24, 2.45) is 0 Å². The summed E-state index contributed by atoms with van der Waals surface area (Å²) in [5.74, 6) is 0.367. The minimum Gasteiger partial charge on any atom is -0.308 e. The van der Waals surface area contributed by atoms with Gasteiger partial charge in [0.1, 0.15) is 11.6 Å². The Balaban J connectivity index is 2.69. The van der Waals surface area contributed by atoms with Gasteiger partial charge < -0.3 is 4.57 Å². The van der Waals surface area contributed by atoms with Crippen LogP contribution in [0, 0.1) is 15.9 Å². The van der Waals surface area contributed by atoms with Gasteiger partial charge in [0, 0.05) is 6.04 Å². The summed E-state index contributed by atoms with van der Waals surface area (Å²) in [7, 11) is 0. The van der Waals surface area contributed by atoms with Crippen molar-refractivity contribution in [1.29, 1.82) is 0 Å². The summed E-state index contributed by atoms with van der Waals surface area (Å²) >= 11 is 3.30. The summed E-state index contributed by atoms with van der Waals surface area (Å²) < 4.78 is 15.0. The first kappa shape index (κ1) is 14.6. The number of aromatic nitrogens is 3. The zero-order valence-corrected chi connectivity index (χ0v) is 12.5. The monoisotopic (exact) mass is 342 g/mol. The Morgan fingerprint density at radius 3 is 2.70 bits per heavy atom. The number of hydrogen-bond acceptors (Lipinski definition) is 4. The van der Waals surface area contributed by atoms with Gasteiger partial charge >= 0.3 is 0 Å². The van der Waals surface area contributed by atoms with Gasteiger partial charge in [-0.05, 0) is 26.0 Å². The minimum atomic E-state index is -0.656. The van der Waals surface area contributed by atoms with Crippen LogP contribution < -0.4 is 0 Å². The predicted octanol–water partition coefficient (Wildman–Crippen LogP) is 3.47. The number of hydrogen-bond donors (Lipinski definition) is 0. The van der Waals surface area contributed by atoms with Gasteiger partial charge in [-0.3, -0.25) is 10.1 Å². The van der Waals surface area contributed by atoms with Crippen LogP contribution in [0.4, 0.5) is 10.1 Å². The van der Waals surface area contributed by atoms with Crippen LogP contribution in [-0.2, 0) is 5.33 Å². The summed E-state index contributed by atoms with van der Waals surface area (Å²) in [4.78, 5) is 10.5. The summed E-state index contributed by atoms with van der Waals surface area (Å²) in [6.07, 6.45) is 0. The van der Waals surface area contributed by atoms with E-state index in [1.807, 2.05) is 13.8 Å². The largest absolute Gasteiger partial charge is 0.308 e. The number of nitro groups is 1. The Morgan fingerprint density at radius 2 is 2.15 bits per heavy atom. The van der Waals surface area contributed by atoms with E-state index in [0.29, 0.717) is 17.0 Å². The number of alkyl halides is 1. The summed E-state index contributed by atoms with van der Waals surface area (Å²) in [5.41, 5.74) is -0.0646. The average Bonchev–Trinajstić information content (AvgIpc) is 2.82. The standard InChI is InChI=1S/C12H12BrFN4O2/c1-7(2)17-11(6-13)15-16-12(17)9-4-3-8(14)5-10(9)18(19)20/h3-5,7H,6H2,1-2H3. The normalized spacial score (nSPS) is 11.1. The van der Waals surface area contributed by atoms with Gasteiger partial charge in [0.05, 0.1) is 21.9 Å². The molecule has 2 aromatic rings. The van der Waals surface area contributed by atoms with Crippen LogP contribution in [0.15, 0.2) is 18.2 Å². The number of rotatable bonds is 4. The molecule has 0 atom stereocenters. The van der Waals surface area contributed by atoms with Crippen LogP contribution in [0.1, 0.15) is 25.7 Å². The molecule has 1 aromatic carbocycles. The fourth-order valence-corrected chi connectivity index (χ4v) is 2.37. The molecule has 20 heavy (non-hydrogen) atoms. The molecule has 0 spiro atoms. The van der Waals surface area contributed by atoms with Gasteiger partial charge in [-0.2, -0.15) is 0 Å². The van der Waals surface area contributed by atoms with E-state index in [-0.39, 0.29) is 17.3 Å². The minimum absolute atomic E-state index is 0.0252. The van der Waals surface area contributed by atoms with E-state index >= 15 is 0 Å². The van der Waals surface area contributed by atoms with Crippen molar-refractivity contribution in [3.8, 4) is 11.4 Å². The Kier molecular flexibility index (Phi) is 4.12. The quantitative estimate of drug-likeness (QED) is 0.484.